The molecule has 9 nitrogen and oxygen atoms in total. The number of benzene rings is 2. The number of fused-ring (bicyclic) bond motifs is 1. The summed E-state index contributed by atoms with van der Waals surface area (Å²) in [5.41, 5.74) is 3.06. The average molecular weight is 604 g/mol. The van der Waals surface area contributed by atoms with Crippen molar-refractivity contribution in [3.8, 4) is 11.5 Å². The fourth-order valence-electron chi connectivity index (χ4n) is 5.44. The van der Waals surface area contributed by atoms with Gasteiger partial charge in [0.2, 0.25) is 6.79 Å². The second-order valence-electron chi connectivity index (χ2n) is 10.7. The van der Waals surface area contributed by atoms with Gasteiger partial charge in [-0.15, -0.1) is 11.3 Å². The van der Waals surface area contributed by atoms with E-state index in [4.69, 9.17) is 9.47 Å². The van der Waals surface area contributed by atoms with Gasteiger partial charge in [-0.25, -0.2) is 9.37 Å². The Bertz CT molecular complexity index is 1580. The Labute approximate surface area is 254 Å². The lowest BCUT2D eigenvalue weighted by atomic mass is 10.1. The summed E-state index contributed by atoms with van der Waals surface area (Å²) >= 11 is 1.47. The van der Waals surface area contributed by atoms with Crippen LogP contribution in [0, 0.1) is 5.82 Å². The number of hydrogen-bond donors (Lipinski definition) is 0. The topological polar surface area (TPSA) is 80.1 Å². The molecule has 0 atom stereocenters. The molecule has 1 fully saturated rings. The number of halogens is 1. The summed E-state index contributed by atoms with van der Waals surface area (Å²) in [7, 11) is 0. The summed E-state index contributed by atoms with van der Waals surface area (Å²) in [6, 6.07) is 15.6. The number of aromatic nitrogens is 2. The van der Waals surface area contributed by atoms with E-state index < -0.39 is 0 Å². The molecule has 43 heavy (non-hydrogen) atoms. The lowest BCUT2D eigenvalue weighted by Gasteiger charge is -2.34. The predicted molar refractivity (Wildman–Crippen MR) is 161 cm³/mol. The number of rotatable bonds is 10. The number of carbonyl (C=O) groups is 2. The summed E-state index contributed by atoms with van der Waals surface area (Å²) in [6.45, 7) is 7.47. The number of hydrogen-bond acceptors (Lipinski definition) is 7. The third-order valence-corrected chi connectivity index (χ3v) is 8.56. The highest BCUT2D eigenvalue weighted by molar-refractivity contribution is 7.09. The smallest absolute Gasteiger partial charge is 0.273 e. The first-order chi connectivity index (χ1) is 21.0. The Balaban J connectivity index is 1.04. The van der Waals surface area contributed by atoms with Crippen molar-refractivity contribution in [2.45, 2.75) is 33.0 Å². The van der Waals surface area contributed by atoms with Crippen molar-refractivity contribution in [3.63, 3.8) is 0 Å². The quantitative estimate of drug-likeness (QED) is 0.257. The molecule has 0 bridgehead atoms. The first kappa shape index (κ1) is 28.9. The zero-order valence-corrected chi connectivity index (χ0v) is 24.9. The van der Waals surface area contributed by atoms with Crippen LogP contribution in [0.5, 0.6) is 11.5 Å². The molecule has 0 unspecified atom stereocenters. The van der Waals surface area contributed by atoms with E-state index in [1.165, 1.54) is 35.6 Å². The number of ether oxygens (including phenoxy) is 2. The van der Waals surface area contributed by atoms with Crippen molar-refractivity contribution in [1.29, 1.82) is 0 Å². The average Bonchev–Trinajstić information content (AvgIpc) is 3.79. The van der Waals surface area contributed by atoms with E-state index in [0.717, 1.165) is 53.8 Å². The predicted octanol–water partition coefficient (Wildman–Crippen LogP) is 4.87. The van der Waals surface area contributed by atoms with Gasteiger partial charge in [0.05, 0.1) is 13.1 Å². The van der Waals surface area contributed by atoms with Crippen molar-refractivity contribution in [3.05, 3.63) is 99.5 Å². The maximum Gasteiger partial charge on any atom is 0.273 e. The van der Waals surface area contributed by atoms with Gasteiger partial charge in [-0.05, 0) is 60.5 Å². The molecule has 1 saturated heterocycles. The van der Waals surface area contributed by atoms with Crippen molar-refractivity contribution >= 4 is 23.2 Å². The molecular formula is C32H34FN5O4S. The molecule has 2 aromatic heterocycles. The molecule has 0 aliphatic carbocycles. The van der Waals surface area contributed by atoms with Gasteiger partial charge in [-0.1, -0.05) is 13.0 Å². The number of thiazole rings is 1. The zero-order chi connectivity index (χ0) is 29.8. The molecule has 2 aromatic carbocycles. The van der Waals surface area contributed by atoms with Gasteiger partial charge in [0.15, 0.2) is 11.5 Å². The van der Waals surface area contributed by atoms with Gasteiger partial charge < -0.3 is 23.8 Å². The van der Waals surface area contributed by atoms with Crippen molar-refractivity contribution in [1.82, 2.24) is 24.3 Å². The van der Waals surface area contributed by atoms with Gasteiger partial charge in [0, 0.05) is 62.1 Å². The van der Waals surface area contributed by atoms with Gasteiger partial charge in [0.1, 0.15) is 16.5 Å². The zero-order valence-electron chi connectivity index (χ0n) is 24.1. The molecule has 0 spiro atoms. The van der Waals surface area contributed by atoms with E-state index in [0.29, 0.717) is 44.0 Å². The van der Waals surface area contributed by atoms with Crippen LogP contribution in [-0.2, 0) is 19.6 Å². The largest absolute Gasteiger partial charge is 0.454 e. The molecule has 2 aliphatic rings. The fourth-order valence-corrected chi connectivity index (χ4v) is 6.20. The molecule has 0 N–H and O–H groups in total. The van der Waals surface area contributed by atoms with Crippen LogP contribution in [0.1, 0.15) is 50.5 Å². The molecule has 4 aromatic rings. The first-order valence-electron chi connectivity index (χ1n) is 14.5. The monoisotopic (exact) mass is 603 g/mol. The number of carbonyl (C=O) groups excluding carboxylic acids is 2. The van der Waals surface area contributed by atoms with E-state index in [9.17, 15) is 14.0 Å². The van der Waals surface area contributed by atoms with Gasteiger partial charge in [-0.3, -0.25) is 14.5 Å². The Hall–Kier alpha value is -4.22. The maximum absolute atomic E-state index is 13.4. The minimum absolute atomic E-state index is 0.0445. The third-order valence-electron chi connectivity index (χ3n) is 7.73. The highest BCUT2D eigenvalue weighted by Crippen LogP contribution is 2.33. The molecule has 4 heterocycles. The van der Waals surface area contributed by atoms with Crippen LogP contribution in [0.2, 0.25) is 0 Å². The van der Waals surface area contributed by atoms with E-state index in [1.807, 2.05) is 47.7 Å². The van der Waals surface area contributed by atoms with E-state index in [2.05, 4.69) is 20.5 Å². The van der Waals surface area contributed by atoms with Crippen molar-refractivity contribution in [2.24, 2.45) is 0 Å². The molecule has 224 valence electrons. The Morgan fingerprint density at radius 2 is 1.79 bits per heavy atom. The van der Waals surface area contributed by atoms with Crippen LogP contribution in [0.3, 0.4) is 0 Å². The van der Waals surface area contributed by atoms with Gasteiger partial charge in [-0.2, -0.15) is 0 Å². The molecule has 6 rings (SSSR count). The van der Waals surface area contributed by atoms with Crippen molar-refractivity contribution < 1.29 is 23.5 Å². The first-order valence-corrected chi connectivity index (χ1v) is 15.4. The summed E-state index contributed by atoms with van der Waals surface area (Å²) in [4.78, 5) is 37.1. The van der Waals surface area contributed by atoms with Crippen LogP contribution in [0.25, 0.3) is 0 Å². The fraction of sp³-hybridized carbons (Fsp3) is 0.344. The molecule has 2 amide bonds. The van der Waals surface area contributed by atoms with Crippen LogP contribution in [-0.4, -0.2) is 75.6 Å². The Morgan fingerprint density at radius 3 is 2.58 bits per heavy atom. The normalized spacial score (nSPS) is 14.7. The SMILES string of the molecule is CCCN(Cc1cccn1Cc1nc(C(=O)N2CCN(Cc3ccc4c(c3)OCO4)CC2)cs1)C(=O)c1ccc(F)cc1. The van der Waals surface area contributed by atoms with E-state index >= 15 is 0 Å². The van der Waals surface area contributed by atoms with Gasteiger partial charge in [0.25, 0.3) is 11.8 Å². The van der Waals surface area contributed by atoms with Crippen LogP contribution < -0.4 is 9.47 Å². The second-order valence-corrected chi connectivity index (χ2v) is 11.7. The Kier molecular flexibility index (Phi) is 8.71. The van der Waals surface area contributed by atoms with Crippen molar-refractivity contribution in [2.75, 3.05) is 39.5 Å². The number of piperazine rings is 1. The summed E-state index contributed by atoms with van der Waals surface area (Å²) in [5.74, 6) is 1.03. The summed E-state index contributed by atoms with van der Waals surface area (Å²) < 4.78 is 26.3. The van der Waals surface area contributed by atoms with Crippen LogP contribution in [0.15, 0.2) is 66.2 Å². The molecule has 0 radical (unpaired) electrons. The summed E-state index contributed by atoms with van der Waals surface area (Å²) in [6.07, 6.45) is 2.77. The highest BCUT2D eigenvalue weighted by Gasteiger charge is 2.25. The minimum atomic E-state index is -0.367. The Morgan fingerprint density at radius 1 is 1.00 bits per heavy atom. The molecular weight excluding hydrogens is 569 g/mol. The minimum Gasteiger partial charge on any atom is -0.454 e. The lowest BCUT2D eigenvalue weighted by Crippen LogP contribution is -2.48. The van der Waals surface area contributed by atoms with E-state index in [1.54, 1.807) is 4.90 Å². The highest BCUT2D eigenvalue weighted by atomic mass is 32.1. The second kappa shape index (κ2) is 13.0. The molecule has 0 saturated carbocycles. The van der Waals surface area contributed by atoms with E-state index in [-0.39, 0.29) is 24.4 Å². The standard InChI is InChI=1S/C32H34FN5O4S/c1-2-11-38(31(39)24-6-8-25(33)9-7-24)19-26-4-3-12-37(26)20-30-34-27(21-43-30)32(40)36-15-13-35(14-16-36)18-23-5-10-28-29(17-23)42-22-41-28/h3-10,12,17,21H,2,11,13-16,18-20,22H2,1H3. The third kappa shape index (κ3) is 6.73. The maximum atomic E-state index is 13.4. The lowest BCUT2D eigenvalue weighted by molar-refractivity contribution is 0.0623. The summed E-state index contributed by atoms with van der Waals surface area (Å²) in [5, 5.41) is 2.66. The van der Waals surface area contributed by atoms with Crippen LogP contribution in [0.4, 0.5) is 4.39 Å². The van der Waals surface area contributed by atoms with Gasteiger partial charge >= 0.3 is 0 Å². The number of amides is 2. The molecule has 11 heteroatoms. The van der Waals surface area contributed by atoms with Crippen LogP contribution >= 0.6 is 11.3 Å². The molecule has 2 aliphatic heterocycles. The number of nitrogens with zero attached hydrogens (tertiary/aromatic N) is 5.